The first-order valence-corrected chi connectivity index (χ1v) is 11.0. The molecule has 1 fully saturated rings. The Morgan fingerprint density at radius 3 is 2.33 bits per heavy atom. The van der Waals surface area contributed by atoms with Crippen LogP contribution in [-0.4, -0.2) is 63.8 Å². The monoisotopic (exact) mass is 444 g/mol. The van der Waals surface area contributed by atoms with E-state index in [1.54, 1.807) is 23.1 Å². The van der Waals surface area contributed by atoms with Crippen LogP contribution in [0.15, 0.2) is 59.1 Å². The van der Waals surface area contributed by atoms with E-state index in [1.807, 2.05) is 43.3 Å². The van der Waals surface area contributed by atoms with Gasteiger partial charge in [0.05, 0.1) is 29.9 Å². The molecule has 1 aromatic heterocycles. The summed E-state index contributed by atoms with van der Waals surface area (Å²) in [5.74, 6) is -0.00125. The summed E-state index contributed by atoms with van der Waals surface area (Å²) in [6.45, 7) is 5.36. The van der Waals surface area contributed by atoms with Crippen molar-refractivity contribution in [3.05, 3.63) is 88.3 Å². The van der Waals surface area contributed by atoms with E-state index in [4.69, 9.17) is 4.52 Å². The number of benzene rings is 2. The maximum Gasteiger partial charge on any atom is 0.261 e. The molecule has 168 valence electrons. The number of piperazine rings is 1. The summed E-state index contributed by atoms with van der Waals surface area (Å²) in [7, 11) is 0. The van der Waals surface area contributed by atoms with Crippen LogP contribution in [0.2, 0.25) is 0 Å². The lowest BCUT2D eigenvalue weighted by Gasteiger charge is -2.34. The Kier molecular flexibility index (Phi) is 5.51. The quantitative estimate of drug-likeness (QED) is 0.563. The van der Waals surface area contributed by atoms with E-state index in [1.165, 1.54) is 4.90 Å². The van der Waals surface area contributed by atoms with Crippen LogP contribution < -0.4 is 0 Å². The molecule has 0 unspecified atom stereocenters. The van der Waals surface area contributed by atoms with Crippen LogP contribution in [0.5, 0.6) is 0 Å². The Bertz CT molecular complexity index is 1210. The lowest BCUT2D eigenvalue weighted by Crippen LogP contribution is -2.48. The highest BCUT2D eigenvalue weighted by molar-refractivity contribution is 6.22. The first-order valence-electron chi connectivity index (χ1n) is 11.0. The van der Waals surface area contributed by atoms with Gasteiger partial charge in [-0.15, -0.1) is 0 Å². The van der Waals surface area contributed by atoms with Crippen molar-refractivity contribution in [2.75, 3.05) is 26.2 Å². The second-order valence-corrected chi connectivity index (χ2v) is 8.45. The van der Waals surface area contributed by atoms with Crippen LogP contribution in [0.25, 0.3) is 0 Å². The van der Waals surface area contributed by atoms with Crippen LogP contribution in [0.1, 0.15) is 48.1 Å². The smallest absolute Gasteiger partial charge is 0.261 e. The van der Waals surface area contributed by atoms with Crippen LogP contribution in [-0.2, 0) is 13.1 Å². The number of carbonyl (C=O) groups is 3. The van der Waals surface area contributed by atoms with Crippen molar-refractivity contribution < 1.29 is 18.9 Å². The third-order valence-corrected chi connectivity index (χ3v) is 6.12. The summed E-state index contributed by atoms with van der Waals surface area (Å²) < 4.78 is 5.28. The maximum atomic E-state index is 13.1. The van der Waals surface area contributed by atoms with Crippen LogP contribution in [0.3, 0.4) is 0 Å². The van der Waals surface area contributed by atoms with Gasteiger partial charge in [0, 0.05) is 37.8 Å². The van der Waals surface area contributed by atoms with Gasteiger partial charge in [-0.05, 0) is 30.7 Å². The third kappa shape index (κ3) is 4.17. The average Bonchev–Trinajstić information content (AvgIpc) is 3.35. The molecule has 0 atom stereocenters. The molecule has 8 nitrogen and oxygen atoms in total. The molecule has 3 amide bonds. The summed E-state index contributed by atoms with van der Waals surface area (Å²) in [5, 5.41) is 3.91. The first-order chi connectivity index (χ1) is 16.0. The number of aryl methyl sites for hydroxylation is 1. The molecule has 3 aromatic rings. The van der Waals surface area contributed by atoms with E-state index in [2.05, 4.69) is 10.1 Å². The van der Waals surface area contributed by atoms with Gasteiger partial charge in [0.25, 0.3) is 17.7 Å². The minimum atomic E-state index is -0.360. The largest absolute Gasteiger partial charge is 0.360 e. The minimum Gasteiger partial charge on any atom is -0.360 e. The lowest BCUT2D eigenvalue weighted by molar-refractivity contribution is 0.0615. The van der Waals surface area contributed by atoms with E-state index in [0.717, 1.165) is 30.1 Å². The molecule has 1 saturated heterocycles. The number of imide groups is 1. The van der Waals surface area contributed by atoms with Gasteiger partial charge in [-0.3, -0.25) is 24.2 Å². The number of carbonyl (C=O) groups excluding carboxylic acids is 3. The molecule has 0 spiro atoms. The Morgan fingerprint density at radius 2 is 1.64 bits per heavy atom. The highest BCUT2D eigenvalue weighted by Crippen LogP contribution is 2.26. The van der Waals surface area contributed by atoms with Crippen molar-refractivity contribution in [2.45, 2.75) is 20.0 Å². The number of nitrogens with zero attached hydrogens (tertiary/aromatic N) is 4. The molecule has 0 bridgehead atoms. The molecule has 0 radical (unpaired) electrons. The molecular formula is C25H24N4O4. The predicted octanol–water partition coefficient (Wildman–Crippen LogP) is 2.74. The molecule has 3 heterocycles. The van der Waals surface area contributed by atoms with E-state index >= 15 is 0 Å². The fraction of sp³-hybridized carbons (Fsp3) is 0.280. The maximum absolute atomic E-state index is 13.1. The van der Waals surface area contributed by atoms with Gasteiger partial charge in [-0.2, -0.15) is 0 Å². The number of rotatable bonds is 5. The van der Waals surface area contributed by atoms with Crippen molar-refractivity contribution in [2.24, 2.45) is 0 Å². The van der Waals surface area contributed by atoms with Gasteiger partial charge >= 0.3 is 0 Å². The molecule has 0 aliphatic carbocycles. The van der Waals surface area contributed by atoms with Gasteiger partial charge < -0.3 is 9.42 Å². The summed E-state index contributed by atoms with van der Waals surface area (Å²) in [6, 6.07) is 16.1. The number of hydrogen-bond donors (Lipinski definition) is 0. The summed E-state index contributed by atoms with van der Waals surface area (Å²) in [4.78, 5) is 44.0. The van der Waals surface area contributed by atoms with Crippen LogP contribution in [0, 0.1) is 6.92 Å². The zero-order chi connectivity index (χ0) is 22.9. The molecule has 2 aliphatic rings. The third-order valence-electron chi connectivity index (χ3n) is 6.12. The molecule has 2 aliphatic heterocycles. The summed E-state index contributed by atoms with van der Waals surface area (Å²) in [6.07, 6.45) is 0. The fourth-order valence-electron chi connectivity index (χ4n) is 4.34. The number of fused-ring (bicyclic) bond motifs is 1. The zero-order valence-corrected chi connectivity index (χ0v) is 18.4. The van der Waals surface area contributed by atoms with Crippen LogP contribution >= 0.6 is 0 Å². The highest BCUT2D eigenvalue weighted by atomic mass is 16.5. The normalized spacial score (nSPS) is 16.4. The molecule has 33 heavy (non-hydrogen) atoms. The van der Waals surface area contributed by atoms with Crippen molar-refractivity contribution in [3.8, 4) is 0 Å². The number of amides is 3. The Balaban J connectivity index is 1.25. The van der Waals surface area contributed by atoms with Gasteiger partial charge in [-0.25, -0.2) is 0 Å². The number of aromatic nitrogens is 1. The van der Waals surface area contributed by atoms with E-state index in [-0.39, 0.29) is 24.3 Å². The van der Waals surface area contributed by atoms with Gasteiger partial charge in [0.15, 0.2) is 5.76 Å². The molecule has 8 heteroatoms. The molecular weight excluding hydrogens is 420 g/mol. The molecule has 2 aromatic carbocycles. The standard InChI is InChI=1S/C25H24N4O4/c1-17-13-20(33-26-17)16-27-9-11-28(12-10-27)23(30)19-7-8-21-22(14-19)25(32)29(24(21)31)15-18-5-3-2-4-6-18/h2-8,13-14H,9-12,15-16H2,1H3. The highest BCUT2D eigenvalue weighted by Gasteiger charge is 2.36. The van der Waals surface area contributed by atoms with Crippen molar-refractivity contribution in [3.63, 3.8) is 0 Å². The molecule has 0 N–H and O–H groups in total. The molecule has 5 rings (SSSR count). The lowest BCUT2D eigenvalue weighted by atomic mass is 10.0. The Morgan fingerprint density at radius 1 is 0.909 bits per heavy atom. The van der Waals surface area contributed by atoms with Gasteiger partial charge in [-0.1, -0.05) is 35.5 Å². The average molecular weight is 444 g/mol. The topological polar surface area (TPSA) is 87.0 Å². The van der Waals surface area contributed by atoms with E-state index in [9.17, 15) is 14.4 Å². The van der Waals surface area contributed by atoms with Crippen molar-refractivity contribution in [1.29, 1.82) is 0 Å². The minimum absolute atomic E-state index is 0.130. The predicted molar refractivity (Wildman–Crippen MR) is 120 cm³/mol. The van der Waals surface area contributed by atoms with E-state index < -0.39 is 0 Å². The first kappa shape index (κ1) is 21.1. The summed E-state index contributed by atoms with van der Waals surface area (Å²) in [5.41, 5.74) is 2.80. The zero-order valence-electron chi connectivity index (χ0n) is 18.4. The fourth-order valence-corrected chi connectivity index (χ4v) is 4.34. The van der Waals surface area contributed by atoms with Crippen molar-refractivity contribution in [1.82, 2.24) is 19.9 Å². The summed E-state index contributed by atoms with van der Waals surface area (Å²) >= 11 is 0. The second-order valence-electron chi connectivity index (χ2n) is 8.45. The van der Waals surface area contributed by atoms with Gasteiger partial charge in [0.2, 0.25) is 0 Å². The Hall–Kier alpha value is -3.78. The second kappa shape index (κ2) is 8.63. The van der Waals surface area contributed by atoms with Gasteiger partial charge in [0.1, 0.15) is 0 Å². The Labute approximate surface area is 191 Å². The van der Waals surface area contributed by atoms with E-state index in [0.29, 0.717) is 36.3 Å². The number of hydrogen-bond acceptors (Lipinski definition) is 6. The van der Waals surface area contributed by atoms with Crippen LogP contribution in [0.4, 0.5) is 0 Å². The van der Waals surface area contributed by atoms with Crippen molar-refractivity contribution >= 4 is 17.7 Å². The molecule has 0 saturated carbocycles. The SMILES string of the molecule is Cc1cc(CN2CCN(C(=O)c3ccc4c(c3)C(=O)N(Cc3ccccc3)C4=O)CC2)on1.